The van der Waals surface area contributed by atoms with E-state index in [0.717, 1.165) is 44.6 Å². The number of hydrogen-bond donors (Lipinski definition) is 0. The Bertz CT molecular complexity index is 846. The van der Waals surface area contributed by atoms with E-state index in [2.05, 4.69) is 4.90 Å². The van der Waals surface area contributed by atoms with Gasteiger partial charge in [0.05, 0.1) is 0 Å². The number of Topliss-reactive ketones (excluding diaryl/α,β-unsaturated/α-hetero) is 1. The summed E-state index contributed by atoms with van der Waals surface area (Å²) in [6.07, 6.45) is 2.65. The second-order valence-electron chi connectivity index (χ2n) is 7.47. The third kappa shape index (κ3) is 5.43. The highest BCUT2D eigenvalue weighted by atomic mass is 35.5. The standard InChI is InChI=1S/C23H26FNO4.ClH/c24-19-8-6-18(7-9-19)22(26)17-3-2-11-25(12-10-17)13-14-27-20-4-1-5-21-23(20)29-16-15-28-21;/h1,4-9,17H,2-3,10-16H2;1H. The molecule has 1 atom stereocenters. The Balaban J connectivity index is 0.00000256. The van der Waals surface area contributed by atoms with Gasteiger partial charge in [-0.2, -0.15) is 0 Å². The van der Waals surface area contributed by atoms with E-state index >= 15 is 0 Å². The van der Waals surface area contributed by atoms with Crippen LogP contribution in [-0.4, -0.2) is 50.1 Å². The number of ketones is 1. The fourth-order valence-electron chi connectivity index (χ4n) is 3.94. The second kappa shape index (κ2) is 10.6. The van der Waals surface area contributed by atoms with Crippen LogP contribution in [0.1, 0.15) is 29.6 Å². The fraction of sp³-hybridized carbons (Fsp3) is 0.435. The molecule has 30 heavy (non-hydrogen) atoms. The molecule has 162 valence electrons. The number of nitrogens with zero attached hydrogens (tertiary/aromatic N) is 1. The minimum atomic E-state index is -0.315. The Morgan fingerprint density at radius 2 is 1.87 bits per heavy atom. The van der Waals surface area contributed by atoms with Crippen LogP contribution in [0, 0.1) is 11.7 Å². The van der Waals surface area contributed by atoms with E-state index in [0.29, 0.717) is 36.9 Å². The minimum Gasteiger partial charge on any atom is -0.488 e. The molecule has 5 nitrogen and oxygen atoms in total. The van der Waals surface area contributed by atoms with E-state index in [4.69, 9.17) is 14.2 Å². The molecule has 0 spiro atoms. The number of rotatable bonds is 6. The van der Waals surface area contributed by atoms with Crippen molar-refractivity contribution in [1.29, 1.82) is 0 Å². The first-order valence-electron chi connectivity index (χ1n) is 10.2. The smallest absolute Gasteiger partial charge is 0.203 e. The summed E-state index contributed by atoms with van der Waals surface area (Å²) in [6.45, 7) is 4.24. The molecule has 1 saturated heterocycles. The van der Waals surface area contributed by atoms with Crippen LogP contribution in [0.5, 0.6) is 17.2 Å². The summed E-state index contributed by atoms with van der Waals surface area (Å²) in [5, 5.41) is 0. The summed E-state index contributed by atoms with van der Waals surface area (Å²) >= 11 is 0. The number of para-hydroxylation sites is 1. The molecule has 0 aliphatic carbocycles. The predicted octanol–water partition coefficient (Wildman–Crippen LogP) is 4.38. The number of benzene rings is 2. The lowest BCUT2D eigenvalue weighted by atomic mass is 9.91. The van der Waals surface area contributed by atoms with Crippen molar-refractivity contribution in [2.75, 3.05) is 39.5 Å². The van der Waals surface area contributed by atoms with Crippen LogP contribution >= 0.6 is 12.4 Å². The van der Waals surface area contributed by atoms with Crippen molar-refractivity contribution >= 4 is 18.2 Å². The summed E-state index contributed by atoms with van der Waals surface area (Å²) in [5.74, 6) is 1.92. The maximum absolute atomic E-state index is 13.1. The van der Waals surface area contributed by atoms with Gasteiger partial charge in [0.15, 0.2) is 17.3 Å². The Labute approximate surface area is 182 Å². The number of likely N-dealkylation sites (tertiary alicyclic amines) is 1. The molecule has 7 heteroatoms. The first kappa shape index (κ1) is 22.4. The lowest BCUT2D eigenvalue weighted by Crippen LogP contribution is -2.30. The van der Waals surface area contributed by atoms with Crippen LogP contribution in [0.25, 0.3) is 0 Å². The molecule has 2 aliphatic heterocycles. The lowest BCUT2D eigenvalue weighted by Gasteiger charge is -2.23. The van der Waals surface area contributed by atoms with E-state index in [9.17, 15) is 9.18 Å². The van der Waals surface area contributed by atoms with Gasteiger partial charge in [-0.3, -0.25) is 9.69 Å². The van der Waals surface area contributed by atoms with Gasteiger partial charge >= 0.3 is 0 Å². The Hall–Kier alpha value is -2.31. The first-order chi connectivity index (χ1) is 14.2. The number of halogens is 2. The fourth-order valence-corrected chi connectivity index (χ4v) is 3.94. The molecule has 0 aromatic heterocycles. The number of carbonyl (C=O) groups is 1. The summed E-state index contributed by atoms with van der Waals surface area (Å²) in [5.41, 5.74) is 0.601. The van der Waals surface area contributed by atoms with Gasteiger partial charge in [0.25, 0.3) is 0 Å². The maximum atomic E-state index is 13.1. The van der Waals surface area contributed by atoms with Crippen molar-refractivity contribution in [1.82, 2.24) is 4.90 Å². The summed E-state index contributed by atoms with van der Waals surface area (Å²) in [4.78, 5) is 15.1. The number of hydrogen-bond acceptors (Lipinski definition) is 5. The molecule has 1 fully saturated rings. The van der Waals surface area contributed by atoms with Gasteiger partial charge < -0.3 is 14.2 Å². The zero-order valence-corrected chi connectivity index (χ0v) is 17.7. The predicted molar refractivity (Wildman–Crippen MR) is 115 cm³/mol. The Morgan fingerprint density at radius 1 is 1.07 bits per heavy atom. The zero-order chi connectivity index (χ0) is 20.1. The molecule has 1 unspecified atom stereocenters. The molecule has 2 aromatic rings. The van der Waals surface area contributed by atoms with Gasteiger partial charge in [-0.15, -0.1) is 12.4 Å². The van der Waals surface area contributed by atoms with Crippen LogP contribution in [-0.2, 0) is 0 Å². The summed E-state index contributed by atoms with van der Waals surface area (Å²) in [7, 11) is 0. The van der Waals surface area contributed by atoms with Gasteiger partial charge in [0.2, 0.25) is 5.75 Å². The highest BCUT2D eigenvalue weighted by Gasteiger charge is 2.24. The van der Waals surface area contributed by atoms with E-state index in [1.165, 1.54) is 12.1 Å². The number of ether oxygens (including phenoxy) is 3. The van der Waals surface area contributed by atoms with Gasteiger partial charge in [0.1, 0.15) is 25.6 Å². The van der Waals surface area contributed by atoms with E-state index in [1.807, 2.05) is 18.2 Å². The minimum absolute atomic E-state index is 0. The third-order valence-corrected chi connectivity index (χ3v) is 5.52. The average molecular weight is 436 g/mol. The molecular weight excluding hydrogens is 409 g/mol. The van der Waals surface area contributed by atoms with Gasteiger partial charge in [0, 0.05) is 18.0 Å². The topological polar surface area (TPSA) is 48.0 Å². The van der Waals surface area contributed by atoms with Crippen molar-refractivity contribution in [3.8, 4) is 17.2 Å². The van der Waals surface area contributed by atoms with Gasteiger partial charge in [-0.1, -0.05) is 6.07 Å². The number of carbonyl (C=O) groups excluding carboxylic acids is 1. The highest BCUT2D eigenvalue weighted by Crippen LogP contribution is 2.38. The lowest BCUT2D eigenvalue weighted by molar-refractivity contribution is 0.0907. The highest BCUT2D eigenvalue weighted by molar-refractivity contribution is 5.97. The molecule has 0 amide bonds. The molecule has 2 aliphatic rings. The van der Waals surface area contributed by atoms with E-state index in [1.54, 1.807) is 12.1 Å². The van der Waals surface area contributed by atoms with Crippen LogP contribution in [0.2, 0.25) is 0 Å². The molecule has 2 aromatic carbocycles. The van der Waals surface area contributed by atoms with Crippen molar-refractivity contribution in [2.45, 2.75) is 19.3 Å². The van der Waals surface area contributed by atoms with Crippen LogP contribution in [0.3, 0.4) is 0 Å². The van der Waals surface area contributed by atoms with Crippen molar-refractivity contribution in [3.05, 3.63) is 53.8 Å². The van der Waals surface area contributed by atoms with Gasteiger partial charge in [-0.25, -0.2) is 4.39 Å². The van der Waals surface area contributed by atoms with Crippen molar-refractivity contribution in [3.63, 3.8) is 0 Å². The monoisotopic (exact) mass is 435 g/mol. The zero-order valence-electron chi connectivity index (χ0n) is 16.8. The van der Waals surface area contributed by atoms with Crippen LogP contribution < -0.4 is 14.2 Å². The third-order valence-electron chi connectivity index (χ3n) is 5.52. The van der Waals surface area contributed by atoms with Crippen molar-refractivity contribution in [2.24, 2.45) is 5.92 Å². The van der Waals surface area contributed by atoms with Gasteiger partial charge in [-0.05, 0) is 68.8 Å². The van der Waals surface area contributed by atoms with Crippen molar-refractivity contribution < 1.29 is 23.4 Å². The normalized spacial score (nSPS) is 18.8. The largest absolute Gasteiger partial charge is 0.488 e. The molecule has 0 saturated carbocycles. The van der Waals surface area contributed by atoms with E-state index in [-0.39, 0.29) is 29.9 Å². The molecule has 0 bridgehead atoms. The van der Waals surface area contributed by atoms with E-state index < -0.39 is 0 Å². The SMILES string of the molecule is Cl.O=C(c1ccc(F)cc1)C1CCCN(CCOc2cccc3c2OCCO3)CC1. The molecule has 0 radical (unpaired) electrons. The Morgan fingerprint density at radius 3 is 2.70 bits per heavy atom. The Kier molecular flexibility index (Phi) is 7.94. The van der Waals surface area contributed by atoms with Crippen LogP contribution in [0.4, 0.5) is 4.39 Å². The summed E-state index contributed by atoms with van der Waals surface area (Å²) in [6, 6.07) is 11.6. The maximum Gasteiger partial charge on any atom is 0.203 e. The van der Waals surface area contributed by atoms with Crippen LogP contribution in [0.15, 0.2) is 42.5 Å². The average Bonchev–Trinajstić information content (AvgIpc) is 3.00. The number of fused-ring (bicyclic) bond motifs is 1. The molecule has 0 N–H and O–H groups in total. The molecule has 2 heterocycles. The second-order valence-corrected chi connectivity index (χ2v) is 7.47. The molecule has 4 rings (SSSR count). The molecular formula is C23H27ClFNO4. The quantitative estimate of drug-likeness (QED) is 0.630. The summed E-state index contributed by atoms with van der Waals surface area (Å²) < 4.78 is 30.3. The first-order valence-corrected chi connectivity index (χ1v) is 10.2.